The quantitative estimate of drug-likeness (QED) is 0.487. The average molecular weight is 195 g/mol. The van der Waals surface area contributed by atoms with Crippen molar-refractivity contribution in [3.63, 3.8) is 0 Å². The SMILES string of the molecule is [2H]C([2H])([2H])N1C(=O)CCC1c1ccc[n+]([O-])c1. The van der Waals surface area contributed by atoms with Crippen molar-refractivity contribution in [2.45, 2.75) is 18.9 Å². The van der Waals surface area contributed by atoms with Gasteiger partial charge < -0.3 is 10.1 Å². The summed E-state index contributed by atoms with van der Waals surface area (Å²) in [6.45, 7) is -2.46. The highest BCUT2D eigenvalue weighted by molar-refractivity contribution is 5.78. The second-order valence-corrected chi connectivity index (χ2v) is 3.32. The van der Waals surface area contributed by atoms with E-state index in [0.29, 0.717) is 16.7 Å². The molecule has 0 bridgehead atoms. The predicted molar refractivity (Wildman–Crippen MR) is 50.1 cm³/mol. The van der Waals surface area contributed by atoms with Crippen LogP contribution in [-0.2, 0) is 4.79 Å². The minimum Gasteiger partial charge on any atom is -0.619 e. The molecule has 4 heteroatoms. The van der Waals surface area contributed by atoms with Gasteiger partial charge in [-0.3, -0.25) is 4.79 Å². The van der Waals surface area contributed by atoms with Crippen LogP contribution in [-0.4, -0.2) is 17.8 Å². The van der Waals surface area contributed by atoms with Crippen molar-refractivity contribution in [1.82, 2.24) is 4.90 Å². The summed E-state index contributed by atoms with van der Waals surface area (Å²) in [5, 5.41) is 11.2. The van der Waals surface area contributed by atoms with E-state index in [0.717, 1.165) is 4.90 Å². The van der Waals surface area contributed by atoms with E-state index in [1.54, 1.807) is 12.1 Å². The van der Waals surface area contributed by atoms with Gasteiger partial charge in [0.1, 0.15) is 0 Å². The number of nitrogens with zero attached hydrogens (tertiary/aromatic N) is 2. The van der Waals surface area contributed by atoms with E-state index >= 15 is 0 Å². The van der Waals surface area contributed by atoms with Gasteiger partial charge in [-0.15, -0.1) is 0 Å². The molecule has 4 nitrogen and oxygen atoms in total. The van der Waals surface area contributed by atoms with E-state index in [-0.39, 0.29) is 6.42 Å². The maximum absolute atomic E-state index is 11.6. The van der Waals surface area contributed by atoms with Gasteiger partial charge in [-0.25, -0.2) is 0 Å². The Morgan fingerprint density at radius 3 is 3.36 bits per heavy atom. The second kappa shape index (κ2) is 3.29. The highest BCUT2D eigenvalue weighted by atomic mass is 16.5. The van der Waals surface area contributed by atoms with Gasteiger partial charge in [0.15, 0.2) is 12.4 Å². The fourth-order valence-electron chi connectivity index (χ4n) is 1.67. The van der Waals surface area contributed by atoms with Gasteiger partial charge in [0.2, 0.25) is 5.91 Å². The zero-order valence-electron chi connectivity index (χ0n) is 10.5. The number of amides is 1. The van der Waals surface area contributed by atoms with Gasteiger partial charge >= 0.3 is 0 Å². The average Bonchev–Trinajstić information content (AvgIpc) is 2.59. The largest absolute Gasteiger partial charge is 0.619 e. The first-order chi connectivity index (χ1) is 7.89. The number of carbonyl (C=O) groups excluding carboxylic acids is 1. The Morgan fingerprint density at radius 2 is 2.64 bits per heavy atom. The summed E-state index contributed by atoms with van der Waals surface area (Å²) in [6, 6.07) is 2.68. The molecule has 0 radical (unpaired) electrons. The van der Waals surface area contributed by atoms with Gasteiger partial charge in [0.25, 0.3) is 0 Å². The summed E-state index contributed by atoms with van der Waals surface area (Å²) >= 11 is 0. The summed E-state index contributed by atoms with van der Waals surface area (Å²) in [5.41, 5.74) is 0.560. The molecule has 1 aliphatic rings. The third kappa shape index (κ3) is 1.43. The fraction of sp³-hybridized carbons (Fsp3) is 0.400. The highest BCUT2D eigenvalue weighted by Crippen LogP contribution is 2.30. The minimum atomic E-state index is -2.46. The van der Waals surface area contributed by atoms with Crippen LogP contribution in [0.2, 0.25) is 0 Å². The number of hydrogen-bond acceptors (Lipinski definition) is 2. The van der Waals surface area contributed by atoms with Gasteiger partial charge in [0.05, 0.1) is 6.04 Å². The molecule has 1 amide bonds. The molecule has 1 fully saturated rings. The predicted octanol–water partition coefficient (Wildman–Crippen LogP) is 0.613. The lowest BCUT2D eigenvalue weighted by atomic mass is 10.1. The lowest BCUT2D eigenvalue weighted by Gasteiger charge is -2.18. The number of carbonyl (C=O) groups is 1. The van der Waals surface area contributed by atoms with Crippen LogP contribution in [0.25, 0.3) is 0 Å². The Balaban J connectivity index is 2.35. The van der Waals surface area contributed by atoms with E-state index in [4.69, 9.17) is 4.11 Å². The Kier molecular flexibility index (Phi) is 1.41. The number of aromatic nitrogens is 1. The summed E-state index contributed by atoms with van der Waals surface area (Å²) in [7, 11) is 0. The molecule has 0 aliphatic carbocycles. The molecular formula is C10H12N2O2. The zero-order valence-corrected chi connectivity index (χ0v) is 7.51. The Labute approximate surface area is 86.6 Å². The standard InChI is InChI=1S/C10H12N2O2/c1-11-9(4-5-10(11)13)8-3-2-6-12(14)7-8/h2-3,6-7,9H,4-5H2,1H3/i1D3. The molecule has 1 saturated heterocycles. The van der Waals surface area contributed by atoms with Crippen molar-refractivity contribution in [1.29, 1.82) is 0 Å². The van der Waals surface area contributed by atoms with Crippen molar-refractivity contribution in [3.8, 4) is 0 Å². The molecule has 1 atom stereocenters. The van der Waals surface area contributed by atoms with Crippen LogP contribution in [0.1, 0.15) is 28.6 Å². The summed E-state index contributed by atoms with van der Waals surface area (Å²) in [4.78, 5) is 12.5. The molecule has 2 heterocycles. The first kappa shape index (κ1) is 6.01. The highest BCUT2D eigenvalue weighted by Gasteiger charge is 2.29. The van der Waals surface area contributed by atoms with E-state index in [9.17, 15) is 10.0 Å². The number of pyridine rings is 1. The molecular weight excluding hydrogens is 180 g/mol. The third-order valence-electron chi connectivity index (χ3n) is 2.39. The maximum Gasteiger partial charge on any atom is 0.222 e. The second-order valence-electron chi connectivity index (χ2n) is 3.32. The van der Waals surface area contributed by atoms with E-state index in [1.165, 1.54) is 12.4 Å². The number of hydrogen-bond donors (Lipinski definition) is 0. The molecule has 1 aromatic heterocycles. The molecule has 2 rings (SSSR count). The van der Waals surface area contributed by atoms with Crippen LogP contribution >= 0.6 is 0 Å². The molecule has 0 spiro atoms. The maximum atomic E-state index is 11.6. The molecule has 74 valence electrons. The van der Waals surface area contributed by atoms with Gasteiger partial charge in [-0.2, -0.15) is 4.73 Å². The van der Waals surface area contributed by atoms with Crippen molar-refractivity contribution in [2.75, 3.05) is 6.98 Å². The monoisotopic (exact) mass is 195 g/mol. The summed E-state index contributed by atoms with van der Waals surface area (Å²) in [6.07, 6.45) is 3.26. The van der Waals surface area contributed by atoms with Gasteiger partial charge in [-0.05, 0) is 12.5 Å². The first-order valence-corrected chi connectivity index (χ1v) is 4.40. The van der Waals surface area contributed by atoms with Crippen LogP contribution in [0.5, 0.6) is 0 Å². The van der Waals surface area contributed by atoms with Crippen LogP contribution < -0.4 is 4.73 Å². The van der Waals surface area contributed by atoms with Crippen molar-refractivity contribution in [3.05, 3.63) is 35.3 Å². The summed E-state index contributed by atoms with van der Waals surface area (Å²) < 4.78 is 22.6. The Morgan fingerprint density at radius 1 is 1.79 bits per heavy atom. The topological polar surface area (TPSA) is 47.2 Å². The Bertz CT molecular complexity index is 447. The smallest absolute Gasteiger partial charge is 0.222 e. The van der Waals surface area contributed by atoms with Gasteiger partial charge in [-0.1, -0.05) is 0 Å². The van der Waals surface area contributed by atoms with E-state index in [1.807, 2.05) is 0 Å². The van der Waals surface area contributed by atoms with Crippen molar-refractivity contribution >= 4 is 5.91 Å². The fourth-order valence-corrected chi connectivity index (χ4v) is 1.67. The molecule has 0 aromatic carbocycles. The lowest BCUT2D eigenvalue weighted by Crippen LogP contribution is -2.28. The zero-order chi connectivity index (χ0) is 12.6. The lowest BCUT2D eigenvalue weighted by molar-refractivity contribution is -0.606. The minimum absolute atomic E-state index is 0.205. The first-order valence-electron chi connectivity index (χ1n) is 5.90. The molecule has 1 aromatic rings. The number of rotatable bonds is 1. The molecule has 1 aliphatic heterocycles. The van der Waals surface area contributed by atoms with Crippen LogP contribution in [0.3, 0.4) is 0 Å². The molecule has 1 unspecified atom stereocenters. The van der Waals surface area contributed by atoms with E-state index < -0.39 is 18.9 Å². The van der Waals surface area contributed by atoms with Crippen molar-refractivity contribution < 1.29 is 13.6 Å². The molecule has 14 heavy (non-hydrogen) atoms. The van der Waals surface area contributed by atoms with E-state index in [2.05, 4.69) is 0 Å². The summed E-state index contributed by atoms with van der Waals surface area (Å²) in [5.74, 6) is -0.392. The molecule has 0 saturated carbocycles. The molecule has 0 N–H and O–H groups in total. The van der Waals surface area contributed by atoms with Crippen LogP contribution in [0.4, 0.5) is 0 Å². The third-order valence-corrected chi connectivity index (χ3v) is 2.39. The normalized spacial score (nSPS) is 25.7. The Hall–Kier alpha value is -1.58. The van der Waals surface area contributed by atoms with Gasteiger partial charge in [0, 0.05) is 29.1 Å². The van der Waals surface area contributed by atoms with Crippen LogP contribution in [0, 0.1) is 5.21 Å². The van der Waals surface area contributed by atoms with Crippen LogP contribution in [0.15, 0.2) is 24.5 Å². The number of likely N-dealkylation sites (tertiary alicyclic amines) is 1. The van der Waals surface area contributed by atoms with Crippen molar-refractivity contribution in [2.24, 2.45) is 0 Å².